The molecule has 1 aromatic carbocycles. The number of nitrogens with two attached hydrogens (primary N) is 1. The van der Waals surface area contributed by atoms with E-state index in [0.29, 0.717) is 41.6 Å². The molecule has 2 atom stereocenters. The topological polar surface area (TPSA) is 133 Å². The van der Waals surface area contributed by atoms with Gasteiger partial charge >= 0.3 is 35.5 Å². The Kier molecular flexibility index (Phi) is 7.92. The fraction of sp³-hybridized carbons (Fsp3) is 0.391. The van der Waals surface area contributed by atoms with Crippen molar-refractivity contribution >= 4 is 52.9 Å². The molecule has 2 saturated heterocycles. The van der Waals surface area contributed by atoms with E-state index >= 15 is 0 Å². The summed E-state index contributed by atoms with van der Waals surface area (Å²) in [6.07, 6.45) is 4.28. The van der Waals surface area contributed by atoms with Gasteiger partial charge in [-0.3, -0.25) is 19.3 Å². The van der Waals surface area contributed by atoms with Crippen LogP contribution in [0.25, 0.3) is 0 Å². The van der Waals surface area contributed by atoms with Gasteiger partial charge in [-0.25, -0.2) is 4.79 Å². The second-order valence-corrected chi connectivity index (χ2v) is 10.8. The number of β-lactam (4-membered cyclic amide) rings is 1. The number of likely N-dealkylation sites (tertiary alicyclic amines) is 1. The van der Waals surface area contributed by atoms with E-state index in [2.05, 4.69) is 5.32 Å². The third-order valence-corrected chi connectivity index (χ3v) is 8.57. The predicted octanol–water partition coefficient (Wildman–Crippen LogP) is -1.46. The molecule has 5 rings (SSSR count). The number of hydrogen-bond donors (Lipinski definition) is 3. The molecule has 1 aromatic rings. The Labute approximate surface area is 234 Å². The molecule has 0 bridgehead atoms. The van der Waals surface area contributed by atoms with Gasteiger partial charge in [0.05, 0.1) is 5.75 Å². The Morgan fingerprint density at radius 1 is 1.26 bits per heavy atom. The SMILES string of the molecule is Nc1ccc(SCC(=O)N[C@@H]2C(=O)N3C(C(=O)O)=C(/C=C4\CCN(C5CC5)C4=O)CS[C@H]23)cc1.[H-].[Na+]. The van der Waals surface area contributed by atoms with Crippen LogP contribution >= 0.6 is 23.5 Å². The van der Waals surface area contributed by atoms with Gasteiger partial charge in [-0.1, -0.05) is 0 Å². The van der Waals surface area contributed by atoms with Crippen molar-refractivity contribution in [3.8, 4) is 0 Å². The number of hydrogen-bond acceptors (Lipinski definition) is 7. The normalized spacial score (nSPS) is 24.7. The molecule has 9 nitrogen and oxygen atoms in total. The maximum Gasteiger partial charge on any atom is 1.00 e. The van der Waals surface area contributed by atoms with Gasteiger partial charge in [-0.2, -0.15) is 0 Å². The van der Waals surface area contributed by atoms with Gasteiger partial charge in [0.25, 0.3) is 5.91 Å². The molecule has 180 valence electrons. The number of aliphatic carboxylic acids is 1. The van der Waals surface area contributed by atoms with Crippen molar-refractivity contribution in [3.05, 3.63) is 47.2 Å². The number of nitrogens with one attached hydrogen (secondary N) is 1. The second kappa shape index (κ2) is 10.6. The second-order valence-electron chi connectivity index (χ2n) is 8.64. The van der Waals surface area contributed by atoms with Crippen molar-refractivity contribution < 1.29 is 55.3 Å². The molecule has 0 aromatic heterocycles. The summed E-state index contributed by atoms with van der Waals surface area (Å²) >= 11 is 2.72. The first-order chi connectivity index (χ1) is 16.3. The molecule has 0 unspecified atom stereocenters. The van der Waals surface area contributed by atoms with Crippen LogP contribution in [-0.2, 0) is 19.2 Å². The van der Waals surface area contributed by atoms with E-state index in [0.717, 1.165) is 17.7 Å². The summed E-state index contributed by atoms with van der Waals surface area (Å²) in [5.74, 6) is -1.52. The van der Waals surface area contributed by atoms with Gasteiger partial charge < -0.3 is 22.5 Å². The van der Waals surface area contributed by atoms with E-state index in [1.165, 1.54) is 28.4 Å². The van der Waals surface area contributed by atoms with Crippen LogP contribution in [0.1, 0.15) is 20.7 Å². The molecule has 0 radical (unpaired) electrons. The summed E-state index contributed by atoms with van der Waals surface area (Å²) in [6, 6.07) is 6.68. The zero-order valence-electron chi connectivity index (χ0n) is 20.2. The van der Waals surface area contributed by atoms with Crippen molar-refractivity contribution in [2.75, 3.05) is 23.8 Å². The van der Waals surface area contributed by atoms with E-state index in [1.807, 2.05) is 17.0 Å². The van der Waals surface area contributed by atoms with Gasteiger partial charge in [0.1, 0.15) is 17.1 Å². The molecule has 3 aliphatic heterocycles. The summed E-state index contributed by atoms with van der Waals surface area (Å²) in [7, 11) is 0. The van der Waals surface area contributed by atoms with Crippen molar-refractivity contribution in [3.63, 3.8) is 0 Å². The number of carboxylic acids is 1. The first-order valence-corrected chi connectivity index (χ1v) is 13.1. The zero-order valence-corrected chi connectivity index (χ0v) is 22.9. The molecule has 3 heterocycles. The molecule has 4 aliphatic rings. The van der Waals surface area contributed by atoms with Crippen LogP contribution in [0.2, 0.25) is 0 Å². The van der Waals surface area contributed by atoms with Gasteiger partial charge in [-0.05, 0) is 55.2 Å². The number of nitrogens with zero attached hydrogens (tertiary/aromatic N) is 2. The average molecular weight is 525 g/mol. The maximum atomic E-state index is 12.8. The quantitative estimate of drug-likeness (QED) is 0.130. The third kappa shape index (κ3) is 5.29. The Hall–Kier alpha value is -1.92. The molecule has 12 heteroatoms. The van der Waals surface area contributed by atoms with Crippen molar-refractivity contribution in [2.24, 2.45) is 0 Å². The van der Waals surface area contributed by atoms with E-state index in [1.54, 1.807) is 18.2 Å². The number of amides is 3. The van der Waals surface area contributed by atoms with Crippen LogP contribution in [0.3, 0.4) is 0 Å². The minimum Gasteiger partial charge on any atom is -1.00 e. The van der Waals surface area contributed by atoms with Crippen LogP contribution in [0, 0.1) is 0 Å². The number of carboxylic acid groups (broad SMARTS) is 1. The molecule has 3 fully saturated rings. The van der Waals surface area contributed by atoms with Crippen molar-refractivity contribution in [1.29, 1.82) is 0 Å². The molecule has 4 N–H and O–H groups in total. The van der Waals surface area contributed by atoms with Crippen LogP contribution in [0.15, 0.2) is 52.1 Å². The molecule has 1 saturated carbocycles. The summed E-state index contributed by atoms with van der Waals surface area (Å²) in [4.78, 5) is 54.0. The zero-order chi connectivity index (χ0) is 24.0. The molecular weight excluding hydrogens is 499 g/mol. The fourth-order valence-corrected chi connectivity index (χ4v) is 6.41. The van der Waals surface area contributed by atoms with Gasteiger partial charge in [0.15, 0.2) is 0 Å². The Morgan fingerprint density at radius 2 is 1.97 bits per heavy atom. The van der Waals surface area contributed by atoms with E-state index in [9.17, 15) is 24.3 Å². The van der Waals surface area contributed by atoms with Crippen molar-refractivity contribution in [2.45, 2.75) is 41.6 Å². The van der Waals surface area contributed by atoms with E-state index in [-0.39, 0.29) is 54.2 Å². The predicted molar refractivity (Wildman–Crippen MR) is 130 cm³/mol. The Balaban J connectivity index is 0.00000180. The van der Waals surface area contributed by atoms with Gasteiger partial charge in [0.2, 0.25) is 11.8 Å². The first kappa shape index (κ1) is 26.2. The molecular formula is C23H25N4NaO5S2. The number of allylic oxidation sites excluding steroid dienone is 1. The third-order valence-electron chi connectivity index (χ3n) is 6.26. The van der Waals surface area contributed by atoms with Crippen LogP contribution in [0.5, 0.6) is 0 Å². The molecule has 0 spiro atoms. The summed E-state index contributed by atoms with van der Waals surface area (Å²) in [5.41, 5.74) is 7.27. The minimum absolute atomic E-state index is 0. The van der Waals surface area contributed by atoms with Crippen LogP contribution in [-0.4, -0.2) is 74.1 Å². The van der Waals surface area contributed by atoms with Crippen molar-refractivity contribution in [1.82, 2.24) is 15.1 Å². The first-order valence-electron chi connectivity index (χ1n) is 11.0. The molecule has 3 amide bonds. The van der Waals surface area contributed by atoms with Crippen LogP contribution < -0.4 is 40.6 Å². The fourth-order valence-electron chi connectivity index (χ4n) is 4.39. The van der Waals surface area contributed by atoms with Crippen LogP contribution in [0.4, 0.5) is 5.69 Å². The van der Waals surface area contributed by atoms with Gasteiger partial charge in [0, 0.05) is 34.5 Å². The number of carbonyl (C=O) groups is 4. The van der Waals surface area contributed by atoms with E-state index < -0.39 is 23.3 Å². The molecule has 35 heavy (non-hydrogen) atoms. The number of rotatable bonds is 7. The Morgan fingerprint density at radius 3 is 2.63 bits per heavy atom. The minimum atomic E-state index is -1.21. The number of thioether (sulfide) groups is 2. The summed E-state index contributed by atoms with van der Waals surface area (Å²) in [6.45, 7) is 0.659. The standard InChI is InChI=1S/C23H24N4O5S2.Na.H/c24-14-1-5-16(6-2-14)33-11-17(28)25-18-21(30)27-19(23(31)32)13(10-34-22(18)27)9-12-7-8-26(20(12)29)15-3-4-15;;/h1-2,5-6,9,15,18,22H,3-4,7-8,10-11,24H2,(H,25,28)(H,31,32);;/q;+1;-1/b12-9+;;/t18-,22-;;/m1../s1. The number of carbonyl (C=O) groups excluding carboxylic acids is 3. The Bertz CT molecular complexity index is 1140. The monoisotopic (exact) mass is 524 g/mol. The smallest absolute Gasteiger partial charge is 1.00 e. The number of anilines is 1. The summed E-state index contributed by atoms with van der Waals surface area (Å²) < 4.78 is 0. The largest absolute Gasteiger partial charge is 1.00 e. The maximum absolute atomic E-state index is 12.8. The number of nitrogen functional groups attached to an aromatic ring is 1. The van der Waals surface area contributed by atoms with Gasteiger partial charge in [-0.15, -0.1) is 23.5 Å². The molecule has 1 aliphatic carbocycles. The van der Waals surface area contributed by atoms with E-state index in [4.69, 9.17) is 5.73 Å². The average Bonchev–Trinajstić information content (AvgIpc) is 3.60. The number of benzene rings is 1. The summed E-state index contributed by atoms with van der Waals surface area (Å²) in [5, 5.41) is 12.1. The number of fused-ring (bicyclic) bond motifs is 1.